The van der Waals surface area contributed by atoms with E-state index in [2.05, 4.69) is 5.32 Å². The van der Waals surface area contributed by atoms with E-state index in [0.717, 1.165) is 0 Å². The Morgan fingerprint density at radius 2 is 2.15 bits per heavy atom. The van der Waals surface area contributed by atoms with Crippen molar-refractivity contribution in [2.75, 3.05) is 26.4 Å². The van der Waals surface area contributed by atoms with Crippen LogP contribution in [0.5, 0.6) is 0 Å². The van der Waals surface area contributed by atoms with Gasteiger partial charge in [-0.1, -0.05) is 0 Å². The second-order valence-corrected chi connectivity index (χ2v) is 5.60. The van der Waals surface area contributed by atoms with Gasteiger partial charge in [0.05, 0.1) is 19.3 Å². The minimum absolute atomic E-state index is 0.00980. The summed E-state index contributed by atoms with van der Waals surface area (Å²) >= 11 is 0. The first-order valence-corrected chi connectivity index (χ1v) is 6.82. The number of aliphatic hydroxyl groups is 1. The van der Waals surface area contributed by atoms with Gasteiger partial charge in [-0.05, 0) is 27.2 Å². The van der Waals surface area contributed by atoms with E-state index in [-0.39, 0.29) is 31.9 Å². The Morgan fingerprint density at radius 1 is 1.50 bits per heavy atom. The first-order valence-electron chi connectivity index (χ1n) is 6.82. The molecule has 1 aliphatic rings. The number of aliphatic carboxylic acids is 1. The van der Waals surface area contributed by atoms with Crippen molar-refractivity contribution in [3.8, 4) is 0 Å². The third kappa shape index (κ3) is 3.61. The van der Waals surface area contributed by atoms with Crippen LogP contribution in [-0.2, 0) is 9.53 Å². The highest BCUT2D eigenvalue weighted by Crippen LogP contribution is 2.28. The lowest BCUT2D eigenvalue weighted by molar-refractivity contribution is -0.148. The van der Waals surface area contributed by atoms with E-state index in [1.165, 1.54) is 0 Å². The van der Waals surface area contributed by atoms with Crippen molar-refractivity contribution in [1.82, 2.24) is 10.2 Å². The molecule has 20 heavy (non-hydrogen) atoms. The van der Waals surface area contributed by atoms with Crippen LogP contribution in [0.4, 0.5) is 4.79 Å². The fraction of sp³-hybridized carbons (Fsp3) is 0.846. The molecule has 116 valence electrons. The summed E-state index contributed by atoms with van der Waals surface area (Å²) < 4.78 is 5.20. The Morgan fingerprint density at radius 3 is 2.65 bits per heavy atom. The van der Waals surface area contributed by atoms with Gasteiger partial charge in [-0.25, -0.2) is 4.79 Å². The van der Waals surface area contributed by atoms with Gasteiger partial charge in [0.25, 0.3) is 0 Å². The Labute approximate surface area is 118 Å². The Balaban J connectivity index is 2.70. The predicted octanol–water partition coefficient (Wildman–Crippen LogP) is 0.279. The largest absolute Gasteiger partial charge is 0.481 e. The smallest absolute Gasteiger partial charge is 0.317 e. The fourth-order valence-corrected chi connectivity index (χ4v) is 2.15. The molecular formula is C13H24N2O5. The van der Waals surface area contributed by atoms with Crippen LogP contribution in [0.3, 0.4) is 0 Å². The molecule has 1 heterocycles. The zero-order valence-corrected chi connectivity index (χ0v) is 12.3. The summed E-state index contributed by atoms with van der Waals surface area (Å²) in [6.45, 7) is 6.04. The van der Waals surface area contributed by atoms with Crippen molar-refractivity contribution in [3.05, 3.63) is 0 Å². The molecule has 1 rings (SSSR count). The number of carboxylic acids is 1. The highest BCUT2D eigenvalue weighted by molar-refractivity contribution is 5.79. The molecular weight excluding hydrogens is 264 g/mol. The van der Waals surface area contributed by atoms with Crippen molar-refractivity contribution in [1.29, 1.82) is 0 Å². The van der Waals surface area contributed by atoms with Gasteiger partial charge in [0.1, 0.15) is 5.41 Å². The molecule has 2 amide bonds. The van der Waals surface area contributed by atoms with Crippen LogP contribution in [0.2, 0.25) is 0 Å². The van der Waals surface area contributed by atoms with E-state index in [0.29, 0.717) is 13.0 Å². The molecule has 0 spiro atoms. The van der Waals surface area contributed by atoms with E-state index in [1.807, 2.05) is 13.8 Å². The second-order valence-electron chi connectivity index (χ2n) is 5.60. The number of hydrogen-bond acceptors (Lipinski definition) is 4. The number of nitrogens with one attached hydrogen (secondary N) is 1. The van der Waals surface area contributed by atoms with Gasteiger partial charge >= 0.3 is 12.0 Å². The quantitative estimate of drug-likeness (QED) is 0.652. The lowest BCUT2D eigenvalue weighted by Gasteiger charge is -2.31. The molecule has 1 saturated heterocycles. The summed E-state index contributed by atoms with van der Waals surface area (Å²) in [7, 11) is 0. The molecule has 7 heteroatoms. The fourth-order valence-electron chi connectivity index (χ4n) is 2.15. The van der Waals surface area contributed by atoms with Gasteiger partial charge in [0, 0.05) is 19.2 Å². The summed E-state index contributed by atoms with van der Waals surface area (Å²) in [5, 5.41) is 20.9. The topological polar surface area (TPSA) is 99.1 Å². The predicted molar refractivity (Wildman–Crippen MR) is 72.4 cm³/mol. The maximum absolute atomic E-state index is 12.2. The van der Waals surface area contributed by atoms with E-state index >= 15 is 0 Å². The average Bonchev–Trinajstić information content (AvgIpc) is 2.72. The van der Waals surface area contributed by atoms with Gasteiger partial charge in [-0.2, -0.15) is 0 Å². The third-order valence-electron chi connectivity index (χ3n) is 3.68. The van der Waals surface area contributed by atoms with Gasteiger partial charge in [0.2, 0.25) is 0 Å². The number of ether oxygens (including phenoxy) is 1. The van der Waals surface area contributed by atoms with Crippen LogP contribution in [0.1, 0.15) is 27.2 Å². The Kier molecular flexibility index (Phi) is 5.76. The molecule has 2 unspecified atom stereocenters. The Bertz CT molecular complexity index is 361. The lowest BCUT2D eigenvalue weighted by Crippen LogP contribution is -2.54. The number of hydrogen-bond donors (Lipinski definition) is 3. The number of nitrogens with zero attached hydrogens (tertiary/aromatic N) is 1. The number of aliphatic hydroxyl groups excluding tert-OH is 1. The molecule has 0 aromatic carbocycles. The van der Waals surface area contributed by atoms with Crippen LogP contribution < -0.4 is 5.32 Å². The molecule has 0 aliphatic carbocycles. The molecule has 7 nitrogen and oxygen atoms in total. The van der Waals surface area contributed by atoms with Crippen LogP contribution in [0.15, 0.2) is 0 Å². The minimum atomic E-state index is -1.10. The molecule has 1 aliphatic heterocycles. The zero-order valence-electron chi connectivity index (χ0n) is 12.3. The van der Waals surface area contributed by atoms with Gasteiger partial charge in [-0.3, -0.25) is 4.79 Å². The zero-order chi connectivity index (χ0) is 15.3. The number of carbonyl (C=O) groups excluding carboxylic acids is 1. The summed E-state index contributed by atoms with van der Waals surface area (Å²) in [5.41, 5.74) is -1.10. The molecule has 0 radical (unpaired) electrons. The van der Waals surface area contributed by atoms with Crippen LogP contribution in [0.25, 0.3) is 0 Å². The van der Waals surface area contributed by atoms with Crippen LogP contribution in [-0.4, -0.2) is 65.6 Å². The standard InChI is InChI=1S/C13H24N2O5/c1-9(2)15(5-4-6-16)12(19)14-10-7-20-8-13(10,3)11(17)18/h9-10,16H,4-8H2,1-3H3,(H,14,19)(H,17,18). The Hall–Kier alpha value is -1.34. The average molecular weight is 288 g/mol. The van der Waals surface area contributed by atoms with Crippen molar-refractivity contribution in [2.24, 2.45) is 5.41 Å². The molecule has 0 bridgehead atoms. The number of carbonyl (C=O) groups is 2. The molecule has 2 atom stereocenters. The normalized spacial score (nSPS) is 25.8. The SMILES string of the molecule is CC(C)N(CCCO)C(=O)NC1COCC1(C)C(=O)O. The summed E-state index contributed by atoms with van der Waals surface area (Å²) in [5.74, 6) is -0.980. The monoisotopic (exact) mass is 288 g/mol. The molecule has 0 saturated carbocycles. The van der Waals surface area contributed by atoms with E-state index in [9.17, 15) is 14.7 Å². The van der Waals surface area contributed by atoms with Crippen molar-refractivity contribution >= 4 is 12.0 Å². The van der Waals surface area contributed by atoms with Crippen molar-refractivity contribution < 1.29 is 24.5 Å². The number of rotatable bonds is 6. The highest BCUT2D eigenvalue weighted by Gasteiger charge is 2.47. The van der Waals surface area contributed by atoms with E-state index in [4.69, 9.17) is 9.84 Å². The summed E-state index contributed by atoms with van der Waals surface area (Å²) in [6.07, 6.45) is 0.489. The molecule has 0 aromatic rings. The first kappa shape index (κ1) is 16.7. The third-order valence-corrected chi connectivity index (χ3v) is 3.68. The lowest BCUT2D eigenvalue weighted by atomic mass is 9.85. The van der Waals surface area contributed by atoms with Gasteiger partial charge in [0.15, 0.2) is 0 Å². The maximum atomic E-state index is 12.2. The molecule has 1 fully saturated rings. The van der Waals surface area contributed by atoms with E-state index in [1.54, 1.807) is 11.8 Å². The van der Waals surface area contributed by atoms with E-state index < -0.39 is 17.4 Å². The number of amides is 2. The maximum Gasteiger partial charge on any atom is 0.317 e. The van der Waals surface area contributed by atoms with Crippen LogP contribution >= 0.6 is 0 Å². The molecule has 0 aromatic heterocycles. The number of urea groups is 1. The highest BCUT2D eigenvalue weighted by atomic mass is 16.5. The second kappa shape index (κ2) is 6.90. The summed E-state index contributed by atoms with van der Waals surface area (Å²) in [6, 6.07) is -0.903. The van der Waals surface area contributed by atoms with Crippen molar-refractivity contribution in [2.45, 2.75) is 39.3 Å². The molecule has 3 N–H and O–H groups in total. The van der Waals surface area contributed by atoms with Crippen LogP contribution in [0, 0.1) is 5.41 Å². The van der Waals surface area contributed by atoms with Crippen molar-refractivity contribution in [3.63, 3.8) is 0 Å². The first-order chi connectivity index (χ1) is 9.32. The van der Waals surface area contributed by atoms with Gasteiger partial charge in [-0.15, -0.1) is 0 Å². The van der Waals surface area contributed by atoms with Gasteiger partial charge < -0.3 is 25.2 Å². The number of carboxylic acid groups (broad SMARTS) is 1. The minimum Gasteiger partial charge on any atom is -0.481 e. The summed E-state index contributed by atoms with van der Waals surface area (Å²) in [4.78, 5) is 25.1.